The fourth-order valence-corrected chi connectivity index (χ4v) is 4.23. The van der Waals surface area contributed by atoms with Gasteiger partial charge < -0.3 is 0 Å². The SMILES string of the molecule is c1ccc(-c2ccccc2CN2CCC(c3nc(-c4ccccn4)n[nH]3)CC2)cc1. The Morgan fingerprint density at radius 2 is 1.63 bits per heavy atom. The Morgan fingerprint density at radius 3 is 2.43 bits per heavy atom. The van der Waals surface area contributed by atoms with Crippen molar-refractivity contribution in [2.75, 3.05) is 13.1 Å². The van der Waals surface area contributed by atoms with E-state index >= 15 is 0 Å². The lowest BCUT2D eigenvalue weighted by atomic mass is 9.94. The molecule has 5 rings (SSSR count). The summed E-state index contributed by atoms with van der Waals surface area (Å²) in [5.74, 6) is 2.10. The van der Waals surface area contributed by atoms with Crippen LogP contribution in [0.4, 0.5) is 0 Å². The van der Waals surface area contributed by atoms with Gasteiger partial charge in [0.25, 0.3) is 0 Å². The van der Waals surface area contributed by atoms with Gasteiger partial charge in [-0.2, -0.15) is 5.10 Å². The molecule has 5 heteroatoms. The van der Waals surface area contributed by atoms with Crippen molar-refractivity contribution in [3.63, 3.8) is 0 Å². The summed E-state index contributed by atoms with van der Waals surface area (Å²) in [7, 11) is 0. The maximum absolute atomic E-state index is 4.72. The molecule has 0 radical (unpaired) electrons. The van der Waals surface area contributed by atoms with Crippen LogP contribution >= 0.6 is 0 Å². The van der Waals surface area contributed by atoms with Gasteiger partial charge in [-0.05, 0) is 54.8 Å². The molecule has 0 saturated carbocycles. The molecule has 0 spiro atoms. The van der Waals surface area contributed by atoms with Gasteiger partial charge in [0.2, 0.25) is 0 Å². The molecule has 1 aliphatic heterocycles. The zero-order valence-corrected chi connectivity index (χ0v) is 16.9. The third-order valence-electron chi connectivity index (χ3n) is 5.87. The Bertz CT molecular complexity index is 1080. The molecule has 0 atom stereocenters. The molecule has 0 unspecified atom stereocenters. The molecule has 2 aromatic heterocycles. The Balaban J connectivity index is 1.24. The number of aromatic nitrogens is 4. The Labute approximate surface area is 176 Å². The fraction of sp³-hybridized carbons (Fsp3) is 0.240. The Kier molecular flexibility index (Phi) is 5.36. The van der Waals surface area contributed by atoms with Crippen LogP contribution in [0, 0.1) is 0 Å². The summed E-state index contributed by atoms with van der Waals surface area (Å²) < 4.78 is 0. The fourth-order valence-electron chi connectivity index (χ4n) is 4.23. The van der Waals surface area contributed by atoms with Gasteiger partial charge in [0.1, 0.15) is 11.5 Å². The molecule has 3 heterocycles. The van der Waals surface area contributed by atoms with Crippen molar-refractivity contribution >= 4 is 0 Å². The van der Waals surface area contributed by atoms with Gasteiger partial charge in [0.15, 0.2) is 5.82 Å². The number of aromatic amines is 1. The predicted molar refractivity (Wildman–Crippen MR) is 119 cm³/mol. The average Bonchev–Trinajstić information content (AvgIpc) is 3.32. The zero-order chi connectivity index (χ0) is 20.2. The van der Waals surface area contributed by atoms with Crippen molar-refractivity contribution < 1.29 is 0 Å². The van der Waals surface area contributed by atoms with E-state index in [1.165, 1.54) is 16.7 Å². The predicted octanol–water partition coefficient (Wildman–Crippen LogP) is 4.91. The molecule has 0 bridgehead atoms. The molecule has 1 fully saturated rings. The molecule has 2 aromatic carbocycles. The summed E-state index contributed by atoms with van der Waals surface area (Å²) in [5, 5.41) is 7.53. The van der Waals surface area contributed by atoms with Crippen molar-refractivity contribution in [1.29, 1.82) is 0 Å². The van der Waals surface area contributed by atoms with Gasteiger partial charge in [0, 0.05) is 18.7 Å². The summed E-state index contributed by atoms with van der Waals surface area (Å²) >= 11 is 0. The second-order valence-electron chi connectivity index (χ2n) is 7.83. The van der Waals surface area contributed by atoms with E-state index in [0.29, 0.717) is 11.7 Å². The van der Waals surface area contributed by atoms with Gasteiger partial charge in [-0.1, -0.05) is 60.7 Å². The van der Waals surface area contributed by atoms with Crippen molar-refractivity contribution in [3.05, 3.63) is 90.4 Å². The number of nitrogens with one attached hydrogen (secondary N) is 1. The molecule has 0 aliphatic carbocycles. The molecular weight excluding hydrogens is 370 g/mol. The van der Waals surface area contributed by atoms with Crippen molar-refractivity contribution in [2.45, 2.75) is 25.3 Å². The van der Waals surface area contributed by atoms with E-state index in [0.717, 1.165) is 44.0 Å². The number of nitrogens with zero attached hydrogens (tertiary/aromatic N) is 4. The van der Waals surface area contributed by atoms with Crippen LogP contribution in [0.1, 0.15) is 30.1 Å². The number of hydrogen-bond acceptors (Lipinski definition) is 4. The lowest BCUT2D eigenvalue weighted by molar-refractivity contribution is 0.202. The lowest BCUT2D eigenvalue weighted by Crippen LogP contribution is -2.32. The lowest BCUT2D eigenvalue weighted by Gasteiger charge is -2.31. The molecule has 1 saturated heterocycles. The molecule has 4 aromatic rings. The summed E-state index contributed by atoms with van der Waals surface area (Å²) in [6, 6.07) is 25.2. The van der Waals surface area contributed by atoms with Crippen LogP contribution in [0.15, 0.2) is 79.0 Å². The number of piperidine rings is 1. The van der Waals surface area contributed by atoms with Crippen molar-refractivity contribution in [2.24, 2.45) is 0 Å². The van der Waals surface area contributed by atoms with E-state index in [1.54, 1.807) is 6.20 Å². The maximum Gasteiger partial charge on any atom is 0.199 e. The van der Waals surface area contributed by atoms with Crippen LogP contribution in [0.2, 0.25) is 0 Å². The van der Waals surface area contributed by atoms with Crippen LogP contribution in [0.25, 0.3) is 22.6 Å². The Hall–Kier alpha value is -3.31. The van der Waals surface area contributed by atoms with Crippen LogP contribution in [-0.2, 0) is 6.54 Å². The van der Waals surface area contributed by atoms with E-state index in [9.17, 15) is 0 Å². The smallest absolute Gasteiger partial charge is 0.199 e. The van der Waals surface area contributed by atoms with E-state index in [1.807, 2.05) is 18.2 Å². The van der Waals surface area contributed by atoms with E-state index in [-0.39, 0.29) is 0 Å². The normalized spacial score (nSPS) is 15.3. The van der Waals surface area contributed by atoms with E-state index < -0.39 is 0 Å². The summed E-state index contributed by atoms with van der Waals surface area (Å²) in [6.45, 7) is 3.11. The van der Waals surface area contributed by atoms with E-state index in [4.69, 9.17) is 4.98 Å². The maximum atomic E-state index is 4.72. The monoisotopic (exact) mass is 395 g/mol. The van der Waals surface area contributed by atoms with Crippen LogP contribution in [0.5, 0.6) is 0 Å². The third-order valence-corrected chi connectivity index (χ3v) is 5.87. The quantitative estimate of drug-likeness (QED) is 0.521. The minimum absolute atomic E-state index is 0.426. The number of hydrogen-bond donors (Lipinski definition) is 1. The van der Waals surface area contributed by atoms with Crippen LogP contribution in [0.3, 0.4) is 0 Å². The molecule has 1 aliphatic rings. The Morgan fingerprint density at radius 1 is 0.867 bits per heavy atom. The van der Waals surface area contributed by atoms with Gasteiger partial charge in [0.05, 0.1) is 0 Å². The van der Waals surface area contributed by atoms with Crippen LogP contribution < -0.4 is 0 Å². The van der Waals surface area contributed by atoms with Gasteiger partial charge in [-0.25, -0.2) is 4.98 Å². The van der Waals surface area contributed by atoms with Gasteiger partial charge in [-0.15, -0.1) is 0 Å². The number of rotatable bonds is 5. The second kappa shape index (κ2) is 8.59. The third kappa shape index (κ3) is 4.02. The minimum Gasteiger partial charge on any atom is -0.299 e. The molecule has 150 valence electrons. The molecule has 0 amide bonds. The van der Waals surface area contributed by atoms with Gasteiger partial charge in [-0.3, -0.25) is 15.0 Å². The van der Waals surface area contributed by atoms with Gasteiger partial charge >= 0.3 is 0 Å². The molecule has 5 nitrogen and oxygen atoms in total. The zero-order valence-electron chi connectivity index (χ0n) is 16.9. The highest BCUT2D eigenvalue weighted by Gasteiger charge is 2.24. The summed E-state index contributed by atoms with van der Waals surface area (Å²) in [5.41, 5.74) is 4.82. The molecule has 30 heavy (non-hydrogen) atoms. The summed E-state index contributed by atoms with van der Waals surface area (Å²) in [4.78, 5) is 11.6. The number of likely N-dealkylation sites (tertiary alicyclic amines) is 1. The highest BCUT2D eigenvalue weighted by Crippen LogP contribution is 2.29. The number of pyridine rings is 1. The number of benzene rings is 2. The van der Waals surface area contributed by atoms with Crippen molar-refractivity contribution in [1.82, 2.24) is 25.1 Å². The number of H-pyrrole nitrogens is 1. The first-order valence-corrected chi connectivity index (χ1v) is 10.6. The van der Waals surface area contributed by atoms with E-state index in [2.05, 4.69) is 74.7 Å². The van der Waals surface area contributed by atoms with Crippen LogP contribution in [-0.4, -0.2) is 38.2 Å². The van der Waals surface area contributed by atoms with Crippen molar-refractivity contribution in [3.8, 4) is 22.6 Å². The standard InChI is InChI=1S/C25H25N5/c1-2-8-19(9-3-1)22-11-5-4-10-21(22)18-30-16-13-20(14-17-30)24-27-25(29-28-24)23-12-6-7-15-26-23/h1-12,15,20H,13-14,16-18H2,(H,27,28,29). The molecular formula is C25H25N5. The first kappa shape index (κ1) is 18.7. The first-order chi connectivity index (χ1) is 14.9. The highest BCUT2D eigenvalue weighted by molar-refractivity contribution is 5.67. The first-order valence-electron chi connectivity index (χ1n) is 10.6. The largest absolute Gasteiger partial charge is 0.299 e. The highest BCUT2D eigenvalue weighted by atomic mass is 15.2. The summed E-state index contributed by atoms with van der Waals surface area (Å²) in [6.07, 6.45) is 3.95. The average molecular weight is 396 g/mol. The topological polar surface area (TPSA) is 57.7 Å². The second-order valence-corrected chi connectivity index (χ2v) is 7.83. The molecule has 1 N–H and O–H groups in total. The minimum atomic E-state index is 0.426.